The fraction of sp³-hybridized carbons (Fsp3) is 0.407. The molecule has 1 aromatic carbocycles. The lowest BCUT2D eigenvalue weighted by Gasteiger charge is -2.31. The Labute approximate surface area is 224 Å². The van der Waals surface area contributed by atoms with E-state index >= 15 is 0 Å². The lowest BCUT2D eigenvalue weighted by atomic mass is 9.87. The van der Waals surface area contributed by atoms with Crippen molar-refractivity contribution in [2.24, 2.45) is 5.92 Å². The van der Waals surface area contributed by atoms with Crippen LogP contribution in [0, 0.1) is 18.7 Å². The van der Waals surface area contributed by atoms with Gasteiger partial charge < -0.3 is 25.4 Å². The molecular weight excluding hydrogens is 507 g/mol. The summed E-state index contributed by atoms with van der Waals surface area (Å²) in [5, 5.41) is 6.60. The zero-order valence-electron chi connectivity index (χ0n) is 21.9. The number of aromatic amines is 1. The first kappa shape index (κ1) is 26.1. The van der Waals surface area contributed by atoms with E-state index in [1.54, 1.807) is 39.2 Å². The number of fused-ring (bicyclic) bond motifs is 2. The zero-order valence-corrected chi connectivity index (χ0v) is 22.7. The maximum atomic E-state index is 14.5. The molecule has 2 aliphatic rings. The summed E-state index contributed by atoms with van der Waals surface area (Å²) in [4.78, 5) is 51.5. The van der Waals surface area contributed by atoms with Crippen LogP contribution in [0.25, 0.3) is 10.9 Å². The number of amides is 3. The summed E-state index contributed by atoms with van der Waals surface area (Å²) in [5.41, 5.74) is 2.68. The summed E-state index contributed by atoms with van der Waals surface area (Å²) >= 11 is 1.38. The smallest absolute Gasteiger partial charge is 0.280 e. The number of carbonyl (C=O) groups is 3. The lowest BCUT2D eigenvalue weighted by Crippen LogP contribution is -2.46. The molecule has 9 nitrogen and oxygen atoms in total. The highest BCUT2D eigenvalue weighted by atomic mass is 32.1. The van der Waals surface area contributed by atoms with Gasteiger partial charge in [0.1, 0.15) is 11.5 Å². The van der Waals surface area contributed by atoms with Crippen LogP contribution in [0.4, 0.5) is 4.39 Å². The molecule has 3 N–H and O–H groups in total. The molecule has 0 bridgehead atoms. The fourth-order valence-electron chi connectivity index (χ4n) is 5.00. The number of aromatic nitrogens is 2. The minimum absolute atomic E-state index is 0.0416. The van der Waals surface area contributed by atoms with Gasteiger partial charge in [0.05, 0.1) is 11.7 Å². The summed E-state index contributed by atoms with van der Waals surface area (Å²) < 4.78 is 14.5. The third-order valence-corrected chi connectivity index (χ3v) is 8.24. The van der Waals surface area contributed by atoms with Gasteiger partial charge in [0.2, 0.25) is 5.91 Å². The van der Waals surface area contributed by atoms with E-state index in [0.29, 0.717) is 40.0 Å². The lowest BCUT2D eigenvalue weighted by molar-refractivity contribution is -0.133. The molecule has 0 unspecified atom stereocenters. The van der Waals surface area contributed by atoms with Gasteiger partial charge in [-0.15, -0.1) is 11.3 Å². The van der Waals surface area contributed by atoms with E-state index in [0.717, 1.165) is 30.1 Å². The van der Waals surface area contributed by atoms with Gasteiger partial charge in [0.25, 0.3) is 11.8 Å². The molecule has 5 rings (SSSR count). The van der Waals surface area contributed by atoms with Crippen molar-refractivity contribution in [1.29, 1.82) is 0 Å². The number of hydrogen-bond acceptors (Lipinski definition) is 6. The van der Waals surface area contributed by atoms with Crippen molar-refractivity contribution in [3.8, 4) is 0 Å². The van der Waals surface area contributed by atoms with E-state index < -0.39 is 11.9 Å². The monoisotopic (exact) mass is 538 g/mol. The SMILES string of the molecule is Cc1ccc2[nH]c(C(=O)NC3=CC[C@H](C(=O)N(C)C)C[C@H]3NC(=O)c3nc4c(s3)CN(C)CC4)cc2c1F. The number of allylic oxidation sites excluding steroid dienone is 1. The second-order valence-electron chi connectivity index (χ2n) is 10.3. The second kappa shape index (κ2) is 10.3. The van der Waals surface area contributed by atoms with Gasteiger partial charge >= 0.3 is 0 Å². The summed E-state index contributed by atoms with van der Waals surface area (Å²) in [5.74, 6) is -1.53. The first-order valence-electron chi connectivity index (χ1n) is 12.6. The molecule has 38 heavy (non-hydrogen) atoms. The van der Waals surface area contributed by atoms with E-state index in [1.165, 1.54) is 22.3 Å². The molecule has 0 saturated carbocycles. The third-order valence-electron chi connectivity index (χ3n) is 7.16. The Balaban J connectivity index is 1.37. The first-order valence-corrected chi connectivity index (χ1v) is 13.4. The normalized spacial score (nSPS) is 19.6. The van der Waals surface area contributed by atoms with Crippen LogP contribution in [-0.2, 0) is 17.8 Å². The van der Waals surface area contributed by atoms with E-state index in [9.17, 15) is 18.8 Å². The van der Waals surface area contributed by atoms with Crippen LogP contribution in [0.5, 0.6) is 0 Å². The number of hydrogen-bond donors (Lipinski definition) is 3. The van der Waals surface area contributed by atoms with Crippen molar-refractivity contribution < 1.29 is 18.8 Å². The maximum absolute atomic E-state index is 14.5. The zero-order chi connectivity index (χ0) is 27.1. The molecule has 3 heterocycles. The molecule has 3 amide bonds. The molecule has 0 radical (unpaired) electrons. The summed E-state index contributed by atoms with van der Waals surface area (Å²) in [6.07, 6.45) is 3.35. The van der Waals surface area contributed by atoms with Crippen molar-refractivity contribution in [2.75, 3.05) is 27.7 Å². The summed E-state index contributed by atoms with van der Waals surface area (Å²) in [6, 6.07) is 4.28. The van der Waals surface area contributed by atoms with E-state index in [-0.39, 0.29) is 29.2 Å². The van der Waals surface area contributed by atoms with Crippen molar-refractivity contribution in [1.82, 2.24) is 30.4 Å². The van der Waals surface area contributed by atoms with Crippen molar-refractivity contribution in [3.05, 3.63) is 62.6 Å². The van der Waals surface area contributed by atoms with Crippen LogP contribution in [-0.4, -0.2) is 71.2 Å². The number of aryl methyl sites for hydroxylation is 1. The Kier molecular flexibility index (Phi) is 7.06. The topological polar surface area (TPSA) is 110 Å². The van der Waals surface area contributed by atoms with Gasteiger partial charge in [-0.3, -0.25) is 14.4 Å². The van der Waals surface area contributed by atoms with Gasteiger partial charge in [0, 0.05) is 61.0 Å². The number of nitrogens with zero attached hydrogens (tertiary/aromatic N) is 3. The number of halogens is 1. The van der Waals surface area contributed by atoms with Crippen LogP contribution in [0.2, 0.25) is 0 Å². The Morgan fingerprint density at radius 2 is 2.03 bits per heavy atom. The van der Waals surface area contributed by atoms with Crippen LogP contribution in [0.1, 0.15) is 49.3 Å². The van der Waals surface area contributed by atoms with Crippen molar-refractivity contribution in [3.63, 3.8) is 0 Å². The van der Waals surface area contributed by atoms with Crippen LogP contribution < -0.4 is 10.6 Å². The molecule has 0 saturated heterocycles. The summed E-state index contributed by atoms with van der Waals surface area (Å²) in [7, 11) is 5.43. The average molecular weight is 539 g/mol. The molecule has 3 aromatic rings. The van der Waals surface area contributed by atoms with E-state index in [2.05, 4.69) is 25.5 Å². The number of benzene rings is 1. The molecule has 1 aliphatic heterocycles. The molecule has 2 aromatic heterocycles. The number of H-pyrrole nitrogens is 1. The largest absolute Gasteiger partial charge is 0.350 e. The first-order chi connectivity index (χ1) is 18.1. The highest BCUT2D eigenvalue weighted by molar-refractivity contribution is 7.13. The number of thiazole rings is 1. The van der Waals surface area contributed by atoms with E-state index in [1.807, 2.05) is 7.05 Å². The predicted molar refractivity (Wildman–Crippen MR) is 143 cm³/mol. The van der Waals surface area contributed by atoms with Crippen molar-refractivity contribution >= 4 is 40.0 Å². The van der Waals surface area contributed by atoms with Crippen LogP contribution in [0.15, 0.2) is 30.0 Å². The number of likely N-dealkylation sites (N-methyl/N-ethyl adjacent to an activating group) is 1. The van der Waals surface area contributed by atoms with Gasteiger partial charge in [-0.05, 0) is 44.5 Å². The van der Waals surface area contributed by atoms with Gasteiger partial charge in [-0.1, -0.05) is 12.1 Å². The molecule has 1 aliphatic carbocycles. The molecule has 11 heteroatoms. The number of nitrogens with one attached hydrogen (secondary N) is 3. The Bertz CT molecular complexity index is 1460. The Morgan fingerprint density at radius 3 is 2.79 bits per heavy atom. The Hall–Kier alpha value is -3.57. The minimum atomic E-state index is -0.596. The molecule has 2 atom stereocenters. The fourth-order valence-corrected chi connectivity index (χ4v) is 6.09. The van der Waals surface area contributed by atoms with Gasteiger partial charge in [-0.2, -0.15) is 0 Å². The van der Waals surface area contributed by atoms with Crippen LogP contribution in [0.3, 0.4) is 0 Å². The van der Waals surface area contributed by atoms with Crippen LogP contribution >= 0.6 is 11.3 Å². The van der Waals surface area contributed by atoms with E-state index in [4.69, 9.17) is 0 Å². The average Bonchev–Trinajstić information content (AvgIpc) is 3.51. The standard InChI is InChI=1S/C27H31FN6O3S/c1-14-5-7-17-16(23(14)28)12-21(29-17)24(35)30-18-8-6-15(27(37)33(2)3)11-20(18)31-25(36)26-32-19-9-10-34(4)13-22(19)38-26/h5,7-8,12,15,20,29H,6,9-11,13H2,1-4H3,(H,30,35)(H,31,36)/t15-,20+/m0/s1. The van der Waals surface area contributed by atoms with Gasteiger partial charge in [-0.25, -0.2) is 9.37 Å². The Morgan fingerprint density at radius 1 is 1.24 bits per heavy atom. The number of carbonyl (C=O) groups excluding carboxylic acids is 3. The molecule has 0 spiro atoms. The quantitative estimate of drug-likeness (QED) is 0.463. The third kappa shape index (κ3) is 5.08. The molecular formula is C27H31FN6O3S. The highest BCUT2D eigenvalue weighted by Crippen LogP contribution is 2.28. The molecule has 200 valence electrons. The highest BCUT2D eigenvalue weighted by Gasteiger charge is 2.33. The maximum Gasteiger partial charge on any atom is 0.280 e. The van der Waals surface area contributed by atoms with Crippen molar-refractivity contribution in [2.45, 2.75) is 38.8 Å². The minimum Gasteiger partial charge on any atom is -0.350 e. The number of rotatable bonds is 5. The summed E-state index contributed by atoms with van der Waals surface area (Å²) in [6.45, 7) is 3.32. The second-order valence-corrected chi connectivity index (χ2v) is 11.3. The predicted octanol–water partition coefficient (Wildman–Crippen LogP) is 2.97. The van der Waals surface area contributed by atoms with Gasteiger partial charge in [0.15, 0.2) is 5.01 Å². The molecule has 0 fully saturated rings.